The highest BCUT2D eigenvalue weighted by Crippen LogP contribution is 2.17. The monoisotopic (exact) mass is 405 g/mol. The van der Waals surface area contributed by atoms with E-state index in [2.05, 4.69) is 15.6 Å². The standard InChI is InChI=1S/C22H23N5O3/c1-15-12-26(13-16(2)30-15)22(29)17-8-10-18(11-9-17)23-21(28)20-14-27(25-24-20)19-6-4-3-5-7-19/h3-11,14-16H,12-13H2,1-2H3,(H,23,28)/t15-,16+. The third kappa shape index (κ3) is 4.38. The fraction of sp³-hybridized carbons (Fsp3) is 0.273. The molecule has 0 radical (unpaired) electrons. The molecule has 1 aromatic heterocycles. The van der Waals surface area contributed by atoms with Crippen LogP contribution in [0.2, 0.25) is 0 Å². The van der Waals surface area contributed by atoms with E-state index in [0.717, 1.165) is 5.69 Å². The second-order valence-corrected chi connectivity index (χ2v) is 7.38. The van der Waals surface area contributed by atoms with Crippen molar-refractivity contribution in [2.75, 3.05) is 18.4 Å². The summed E-state index contributed by atoms with van der Waals surface area (Å²) in [5, 5.41) is 10.7. The number of para-hydroxylation sites is 1. The summed E-state index contributed by atoms with van der Waals surface area (Å²) in [5.41, 5.74) is 2.17. The number of hydrogen-bond acceptors (Lipinski definition) is 5. The van der Waals surface area contributed by atoms with Crippen molar-refractivity contribution in [2.24, 2.45) is 0 Å². The van der Waals surface area contributed by atoms with Crippen LogP contribution in [-0.4, -0.2) is 57.0 Å². The second kappa shape index (κ2) is 8.46. The number of ether oxygens (including phenoxy) is 1. The Bertz CT molecular complexity index is 1020. The predicted molar refractivity (Wildman–Crippen MR) is 112 cm³/mol. The molecule has 0 unspecified atom stereocenters. The Kier molecular flexibility index (Phi) is 5.58. The Labute approximate surface area is 174 Å². The molecule has 1 aliphatic rings. The maximum absolute atomic E-state index is 12.7. The molecule has 1 N–H and O–H groups in total. The number of morpholine rings is 1. The van der Waals surface area contributed by atoms with Gasteiger partial charge in [-0.15, -0.1) is 5.10 Å². The molecule has 2 atom stereocenters. The van der Waals surface area contributed by atoms with Crippen molar-refractivity contribution in [3.8, 4) is 5.69 Å². The van der Waals surface area contributed by atoms with E-state index >= 15 is 0 Å². The number of anilines is 1. The molecule has 1 aliphatic heterocycles. The average molecular weight is 405 g/mol. The van der Waals surface area contributed by atoms with Gasteiger partial charge in [0.1, 0.15) is 0 Å². The van der Waals surface area contributed by atoms with E-state index in [1.807, 2.05) is 44.2 Å². The lowest BCUT2D eigenvalue weighted by Gasteiger charge is -2.35. The van der Waals surface area contributed by atoms with Gasteiger partial charge in [-0.1, -0.05) is 23.4 Å². The third-order valence-electron chi connectivity index (χ3n) is 4.84. The van der Waals surface area contributed by atoms with Crippen molar-refractivity contribution < 1.29 is 14.3 Å². The van der Waals surface area contributed by atoms with Gasteiger partial charge in [0.15, 0.2) is 5.69 Å². The van der Waals surface area contributed by atoms with E-state index in [-0.39, 0.29) is 29.7 Å². The summed E-state index contributed by atoms with van der Waals surface area (Å²) in [6.07, 6.45) is 1.60. The highest BCUT2D eigenvalue weighted by atomic mass is 16.5. The van der Waals surface area contributed by atoms with Crippen LogP contribution in [0.15, 0.2) is 60.8 Å². The zero-order valence-corrected chi connectivity index (χ0v) is 16.9. The molecular formula is C22H23N5O3. The molecule has 3 aromatic rings. The summed E-state index contributed by atoms with van der Waals surface area (Å²) in [6.45, 7) is 5.06. The minimum Gasteiger partial charge on any atom is -0.372 e. The zero-order chi connectivity index (χ0) is 21.1. The van der Waals surface area contributed by atoms with Crippen LogP contribution in [0.25, 0.3) is 5.69 Å². The number of nitrogens with one attached hydrogen (secondary N) is 1. The largest absolute Gasteiger partial charge is 0.372 e. The number of carbonyl (C=O) groups excluding carboxylic acids is 2. The maximum atomic E-state index is 12.7. The van der Waals surface area contributed by atoms with Crippen molar-refractivity contribution in [2.45, 2.75) is 26.1 Å². The molecule has 0 bridgehead atoms. The topological polar surface area (TPSA) is 89.4 Å². The lowest BCUT2D eigenvalue weighted by atomic mass is 10.1. The van der Waals surface area contributed by atoms with Gasteiger partial charge in [0.25, 0.3) is 11.8 Å². The maximum Gasteiger partial charge on any atom is 0.277 e. The van der Waals surface area contributed by atoms with Gasteiger partial charge >= 0.3 is 0 Å². The second-order valence-electron chi connectivity index (χ2n) is 7.38. The molecule has 0 saturated carbocycles. The Morgan fingerprint density at radius 1 is 1.00 bits per heavy atom. The van der Waals surface area contributed by atoms with Gasteiger partial charge < -0.3 is 15.0 Å². The highest BCUT2D eigenvalue weighted by molar-refractivity contribution is 6.03. The van der Waals surface area contributed by atoms with Crippen LogP contribution in [0.1, 0.15) is 34.7 Å². The van der Waals surface area contributed by atoms with Gasteiger partial charge in [0.05, 0.1) is 24.1 Å². The van der Waals surface area contributed by atoms with Crippen LogP contribution in [-0.2, 0) is 4.74 Å². The Morgan fingerprint density at radius 2 is 1.67 bits per heavy atom. The smallest absolute Gasteiger partial charge is 0.277 e. The normalized spacial score (nSPS) is 18.8. The number of nitrogens with zero attached hydrogens (tertiary/aromatic N) is 4. The molecule has 0 aliphatic carbocycles. The van der Waals surface area contributed by atoms with Crippen LogP contribution in [0, 0.1) is 0 Å². The van der Waals surface area contributed by atoms with Gasteiger partial charge in [-0.2, -0.15) is 0 Å². The quantitative estimate of drug-likeness (QED) is 0.721. The van der Waals surface area contributed by atoms with E-state index in [1.165, 1.54) is 0 Å². The first-order valence-electron chi connectivity index (χ1n) is 9.83. The summed E-state index contributed by atoms with van der Waals surface area (Å²) in [6, 6.07) is 16.3. The van der Waals surface area contributed by atoms with Crippen molar-refractivity contribution in [1.82, 2.24) is 19.9 Å². The van der Waals surface area contributed by atoms with E-state index in [4.69, 9.17) is 4.74 Å². The first kappa shape index (κ1) is 19.8. The molecule has 1 saturated heterocycles. The van der Waals surface area contributed by atoms with E-state index in [9.17, 15) is 9.59 Å². The first-order valence-corrected chi connectivity index (χ1v) is 9.83. The first-order chi connectivity index (χ1) is 14.5. The predicted octanol–water partition coefficient (Wildman–Crippen LogP) is 2.77. The lowest BCUT2D eigenvalue weighted by Crippen LogP contribution is -2.48. The van der Waals surface area contributed by atoms with Crippen molar-refractivity contribution in [3.05, 3.63) is 72.1 Å². The van der Waals surface area contributed by atoms with Gasteiger partial charge in [-0.05, 0) is 50.2 Å². The minimum absolute atomic E-state index is 0.0144. The van der Waals surface area contributed by atoms with E-state index in [1.54, 1.807) is 40.0 Å². The molecule has 2 heterocycles. The molecule has 30 heavy (non-hydrogen) atoms. The van der Waals surface area contributed by atoms with E-state index < -0.39 is 0 Å². The molecule has 4 rings (SSSR count). The Morgan fingerprint density at radius 3 is 2.33 bits per heavy atom. The number of benzene rings is 2. The molecule has 8 nitrogen and oxygen atoms in total. The lowest BCUT2D eigenvalue weighted by molar-refractivity contribution is -0.0586. The fourth-order valence-electron chi connectivity index (χ4n) is 3.49. The van der Waals surface area contributed by atoms with Crippen LogP contribution in [0.4, 0.5) is 5.69 Å². The van der Waals surface area contributed by atoms with Crippen LogP contribution >= 0.6 is 0 Å². The van der Waals surface area contributed by atoms with Crippen LogP contribution in [0.5, 0.6) is 0 Å². The molecular weight excluding hydrogens is 382 g/mol. The summed E-state index contributed by atoms with van der Waals surface area (Å²) in [4.78, 5) is 27.0. The van der Waals surface area contributed by atoms with Gasteiger partial charge in [-0.25, -0.2) is 4.68 Å². The van der Waals surface area contributed by atoms with Crippen molar-refractivity contribution in [3.63, 3.8) is 0 Å². The fourth-order valence-corrected chi connectivity index (χ4v) is 3.49. The van der Waals surface area contributed by atoms with Gasteiger partial charge in [0, 0.05) is 24.3 Å². The average Bonchev–Trinajstić information content (AvgIpc) is 3.24. The number of hydrogen-bond donors (Lipinski definition) is 1. The summed E-state index contributed by atoms with van der Waals surface area (Å²) in [7, 11) is 0. The summed E-state index contributed by atoms with van der Waals surface area (Å²) >= 11 is 0. The Balaban J connectivity index is 1.40. The third-order valence-corrected chi connectivity index (χ3v) is 4.84. The number of aromatic nitrogens is 3. The number of amides is 2. The zero-order valence-electron chi connectivity index (χ0n) is 16.9. The van der Waals surface area contributed by atoms with E-state index in [0.29, 0.717) is 24.3 Å². The molecule has 8 heteroatoms. The highest BCUT2D eigenvalue weighted by Gasteiger charge is 2.26. The molecule has 2 amide bonds. The molecule has 1 fully saturated rings. The summed E-state index contributed by atoms with van der Waals surface area (Å²) < 4.78 is 7.23. The molecule has 0 spiro atoms. The summed E-state index contributed by atoms with van der Waals surface area (Å²) in [5.74, 6) is -0.409. The van der Waals surface area contributed by atoms with Crippen molar-refractivity contribution in [1.29, 1.82) is 0 Å². The minimum atomic E-state index is -0.368. The van der Waals surface area contributed by atoms with Crippen molar-refractivity contribution >= 4 is 17.5 Å². The molecule has 154 valence electrons. The Hall–Kier alpha value is -3.52. The van der Waals surface area contributed by atoms with Gasteiger partial charge in [0.2, 0.25) is 0 Å². The van der Waals surface area contributed by atoms with Gasteiger partial charge in [-0.3, -0.25) is 9.59 Å². The number of rotatable bonds is 4. The molecule has 2 aromatic carbocycles. The van der Waals surface area contributed by atoms with Crippen LogP contribution in [0.3, 0.4) is 0 Å². The number of carbonyl (C=O) groups is 2. The van der Waals surface area contributed by atoms with Crippen LogP contribution < -0.4 is 5.32 Å². The SMILES string of the molecule is C[C@@H]1CN(C(=O)c2ccc(NC(=O)c3cn(-c4ccccc4)nn3)cc2)C[C@H](C)O1.